The lowest BCUT2D eigenvalue weighted by molar-refractivity contribution is -0.140. The summed E-state index contributed by atoms with van der Waals surface area (Å²) >= 11 is 0. The van der Waals surface area contributed by atoms with E-state index in [-0.39, 0.29) is 11.8 Å². The third-order valence-corrected chi connectivity index (χ3v) is 5.88. The molecule has 2 aromatic carbocycles. The van der Waals surface area contributed by atoms with Gasteiger partial charge in [-0.05, 0) is 48.7 Å². The Morgan fingerprint density at radius 2 is 1.97 bits per heavy atom. The Morgan fingerprint density at radius 1 is 1.17 bits per heavy atom. The summed E-state index contributed by atoms with van der Waals surface area (Å²) in [6.45, 7) is 3.70. The van der Waals surface area contributed by atoms with Crippen molar-refractivity contribution in [2.24, 2.45) is 0 Å². The summed E-state index contributed by atoms with van der Waals surface area (Å²) in [5, 5.41) is 1.12. The van der Waals surface area contributed by atoms with Gasteiger partial charge in [0.05, 0.1) is 7.11 Å². The molecule has 0 aliphatic carbocycles. The molecule has 6 heteroatoms. The zero-order valence-electron chi connectivity index (χ0n) is 17.4. The Morgan fingerprint density at radius 3 is 2.70 bits per heavy atom. The summed E-state index contributed by atoms with van der Waals surface area (Å²) in [6.07, 6.45) is 3.36. The minimum Gasteiger partial charge on any atom is -0.497 e. The van der Waals surface area contributed by atoms with Gasteiger partial charge in [0.25, 0.3) is 5.91 Å². The maximum Gasteiger partial charge on any atom is 0.254 e. The van der Waals surface area contributed by atoms with Gasteiger partial charge in [-0.2, -0.15) is 0 Å². The number of rotatable bonds is 6. The van der Waals surface area contributed by atoms with Crippen LogP contribution in [0.1, 0.15) is 29.3 Å². The topological polar surface area (TPSA) is 65.6 Å². The molecule has 1 aromatic heterocycles. The quantitative estimate of drug-likeness (QED) is 0.683. The number of fused-ring (bicyclic) bond motifs is 1. The number of hydrogen-bond acceptors (Lipinski definition) is 3. The fourth-order valence-electron chi connectivity index (χ4n) is 4.19. The molecule has 0 bridgehead atoms. The highest BCUT2D eigenvalue weighted by Crippen LogP contribution is 2.25. The number of carbonyl (C=O) groups excluding carboxylic acids is 2. The van der Waals surface area contributed by atoms with Crippen LogP contribution in [0.25, 0.3) is 10.9 Å². The van der Waals surface area contributed by atoms with Gasteiger partial charge < -0.3 is 19.5 Å². The number of H-pyrrole nitrogens is 1. The van der Waals surface area contributed by atoms with Gasteiger partial charge in [-0.15, -0.1) is 0 Å². The summed E-state index contributed by atoms with van der Waals surface area (Å²) in [6, 6.07) is 14.7. The second kappa shape index (κ2) is 8.61. The molecular formula is C24H27N3O3. The molecule has 3 aromatic rings. The summed E-state index contributed by atoms with van der Waals surface area (Å²) in [5.74, 6) is 0.781. The van der Waals surface area contributed by atoms with E-state index in [9.17, 15) is 9.59 Å². The zero-order chi connectivity index (χ0) is 21.1. The van der Waals surface area contributed by atoms with Gasteiger partial charge >= 0.3 is 0 Å². The predicted molar refractivity (Wildman–Crippen MR) is 117 cm³/mol. The van der Waals surface area contributed by atoms with Gasteiger partial charge in [0, 0.05) is 42.3 Å². The van der Waals surface area contributed by atoms with Gasteiger partial charge in [0.2, 0.25) is 5.91 Å². The first kappa shape index (κ1) is 20.0. The van der Waals surface area contributed by atoms with Crippen LogP contribution in [0.3, 0.4) is 0 Å². The Bertz CT molecular complexity index is 1040. The largest absolute Gasteiger partial charge is 0.497 e. The fraction of sp³-hybridized carbons (Fsp3) is 0.333. The van der Waals surface area contributed by atoms with Crippen LogP contribution in [-0.4, -0.2) is 59.4 Å². The van der Waals surface area contributed by atoms with E-state index in [1.54, 1.807) is 24.1 Å². The molecule has 6 nitrogen and oxygen atoms in total. The lowest BCUT2D eigenvalue weighted by atomic mass is 10.0. The highest BCUT2D eigenvalue weighted by Gasteiger charge is 2.36. The van der Waals surface area contributed by atoms with Gasteiger partial charge in [-0.3, -0.25) is 9.59 Å². The SMILES string of the molecule is CCC1C(=O)N(CCc2c[nH]c3ccc(OC)cc23)CCN1C(=O)c1ccccc1. The number of ether oxygens (including phenoxy) is 1. The van der Waals surface area contributed by atoms with Crippen molar-refractivity contribution in [2.75, 3.05) is 26.7 Å². The van der Waals surface area contributed by atoms with Crippen molar-refractivity contribution in [3.05, 3.63) is 65.9 Å². The number of aromatic amines is 1. The first-order valence-corrected chi connectivity index (χ1v) is 10.4. The normalized spacial score (nSPS) is 16.9. The van der Waals surface area contributed by atoms with Gasteiger partial charge in [0.15, 0.2) is 0 Å². The molecule has 1 fully saturated rings. The molecule has 0 radical (unpaired) electrons. The second-order valence-corrected chi connectivity index (χ2v) is 7.59. The number of methoxy groups -OCH3 is 1. The maximum atomic E-state index is 13.1. The highest BCUT2D eigenvalue weighted by molar-refractivity contribution is 5.98. The number of nitrogens with zero attached hydrogens (tertiary/aromatic N) is 2. The number of piperazine rings is 1. The maximum absolute atomic E-state index is 13.1. The van der Waals surface area contributed by atoms with Crippen LogP contribution in [0.15, 0.2) is 54.7 Å². The Balaban J connectivity index is 1.46. The van der Waals surface area contributed by atoms with E-state index >= 15 is 0 Å². The van der Waals surface area contributed by atoms with E-state index in [0.717, 1.165) is 28.6 Å². The summed E-state index contributed by atoms with van der Waals surface area (Å²) in [4.78, 5) is 32.9. The third-order valence-electron chi connectivity index (χ3n) is 5.88. The molecule has 1 atom stereocenters. The number of carbonyl (C=O) groups is 2. The monoisotopic (exact) mass is 405 g/mol. The Kier molecular flexibility index (Phi) is 5.74. The van der Waals surface area contributed by atoms with Crippen LogP contribution in [0.5, 0.6) is 5.75 Å². The van der Waals surface area contributed by atoms with Crippen LogP contribution >= 0.6 is 0 Å². The zero-order valence-corrected chi connectivity index (χ0v) is 17.4. The third kappa shape index (κ3) is 3.77. The molecule has 1 aliphatic heterocycles. The van der Waals surface area contributed by atoms with Crippen molar-refractivity contribution in [2.45, 2.75) is 25.8 Å². The van der Waals surface area contributed by atoms with E-state index in [4.69, 9.17) is 4.74 Å². The molecule has 2 amide bonds. The predicted octanol–water partition coefficient (Wildman–Crippen LogP) is 3.48. The molecule has 0 spiro atoms. The van der Waals surface area contributed by atoms with E-state index in [1.807, 2.05) is 54.4 Å². The van der Waals surface area contributed by atoms with E-state index in [1.165, 1.54) is 0 Å². The molecule has 1 aliphatic rings. The van der Waals surface area contributed by atoms with Crippen molar-refractivity contribution < 1.29 is 14.3 Å². The van der Waals surface area contributed by atoms with Crippen LogP contribution in [0, 0.1) is 0 Å². The van der Waals surface area contributed by atoms with E-state index in [0.29, 0.717) is 31.6 Å². The summed E-state index contributed by atoms with van der Waals surface area (Å²) in [5.41, 5.74) is 2.85. The second-order valence-electron chi connectivity index (χ2n) is 7.59. The van der Waals surface area contributed by atoms with Gasteiger partial charge in [-0.25, -0.2) is 0 Å². The Hall–Kier alpha value is -3.28. The lowest BCUT2D eigenvalue weighted by Crippen LogP contribution is -2.58. The molecule has 1 N–H and O–H groups in total. The van der Waals surface area contributed by atoms with Gasteiger partial charge in [0.1, 0.15) is 11.8 Å². The van der Waals surface area contributed by atoms with Crippen molar-refractivity contribution in [1.29, 1.82) is 0 Å². The number of hydrogen-bond donors (Lipinski definition) is 1. The molecule has 1 saturated heterocycles. The highest BCUT2D eigenvalue weighted by atomic mass is 16.5. The van der Waals surface area contributed by atoms with E-state index in [2.05, 4.69) is 4.98 Å². The molecule has 2 heterocycles. The Labute approximate surface area is 176 Å². The fourth-order valence-corrected chi connectivity index (χ4v) is 4.19. The van der Waals surface area contributed by atoms with Crippen LogP contribution in [-0.2, 0) is 11.2 Å². The molecular weight excluding hydrogens is 378 g/mol. The van der Waals surface area contributed by atoms with Crippen LogP contribution < -0.4 is 4.74 Å². The van der Waals surface area contributed by atoms with Crippen molar-refractivity contribution in [3.63, 3.8) is 0 Å². The van der Waals surface area contributed by atoms with Crippen molar-refractivity contribution in [1.82, 2.24) is 14.8 Å². The first-order chi connectivity index (χ1) is 14.6. The van der Waals surface area contributed by atoms with Crippen molar-refractivity contribution >= 4 is 22.7 Å². The van der Waals surface area contributed by atoms with E-state index < -0.39 is 6.04 Å². The smallest absolute Gasteiger partial charge is 0.254 e. The average Bonchev–Trinajstić information content (AvgIpc) is 3.20. The summed E-state index contributed by atoms with van der Waals surface area (Å²) in [7, 11) is 1.66. The minimum absolute atomic E-state index is 0.0328. The lowest BCUT2D eigenvalue weighted by Gasteiger charge is -2.40. The number of nitrogens with one attached hydrogen (secondary N) is 1. The van der Waals surface area contributed by atoms with Crippen LogP contribution in [0.2, 0.25) is 0 Å². The average molecular weight is 405 g/mol. The standard InChI is InChI=1S/C24H27N3O3/c1-3-22-24(29)26(13-14-27(22)23(28)17-7-5-4-6-8-17)12-11-18-16-25-21-10-9-19(30-2)15-20(18)21/h4-10,15-16,22,25H,3,11-14H2,1-2H3. The first-order valence-electron chi connectivity index (χ1n) is 10.4. The number of aromatic nitrogens is 1. The minimum atomic E-state index is -0.408. The molecule has 1 unspecified atom stereocenters. The number of benzene rings is 2. The summed E-state index contributed by atoms with van der Waals surface area (Å²) < 4.78 is 5.34. The number of amides is 2. The molecule has 30 heavy (non-hydrogen) atoms. The van der Waals surface area contributed by atoms with Crippen molar-refractivity contribution in [3.8, 4) is 5.75 Å². The molecule has 156 valence electrons. The molecule has 0 saturated carbocycles. The van der Waals surface area contributed by atoms with Gasteiger partial charge in [-0.1, -0.05) is 25.1 Å². The van der Waals surface area contributed by atoms with Crippen LogP contribution in [0.4, 0.5) is 0 Å². The molecule has 4 rings (SSSR count).